The van der Waals surface area contributed by atoms with Crippen LogP contribution in [0.3, 0.4) is 0 Å². The van der Waals surface area contributed by atoms with Crippen molar-refractivity contribution in [2.75, 3.05) is 5.75 Å². The van der Waals surface area contributed by atoms with E-state index in [9.17, 15) is 0 Å². The predicted molar refractivity (Wildman–Crippen MR) is 56.9 cm³/mol. The molecule has 0 saturated carbocycles. The van der Waals surface area contributed by atoms with Crippen molar-refractivity contribution in [2.45, 2.75) is 18.2 Å². The molecule has 0 aliphatic carbocycles. The summed E-state index contributed by atoms with van der Waals surface area (Å²) in [6.07, 6.45) is 2.75. The summed E-state index contributed by atoms with van der Waals surface area (Å²) in [5.74, 6) is 1.79. The Morgan fingerprint density at radius 3 is 3.27 bits per heavy atom. The molecule has 0 saturated heterocycles. The van der Waals surface area contributed by atoms with E-state index in [0.29, 0.717) is 5.56 Å². The fourth-order valence-corrected chi connectivity index (χ4v) is 3.03. The number of nitrogens with zero attached hydrogens (tertiary/aromatic N) is 4. The first-order valence-corrected chi connectivity index (χ1v) is 5.70. The van der Waals surface area contributed by atoms with Gasteiger partial charge >= 0.3 is 0 Å². The van der Waals surface area contributed by atoms with Gasteiger partial charge in [-0.2, -0.15) is 10.4 Å². The maximum absolute atomic E-state index is 9.04. The summed E-state index contributed by atoms with van der Waals surface area (Å²) < 4.78 is 1.72. The second kappa shape index (κ2) is 2.97. The van der Waals surface area contributed by atoms with Gasteiger partial charge in [0.1, 0.15) is 11.9 Å². The number of aryl methyl sites for hydroxylation is 2. The molecule has 1 aliphatic heterocycles. The van der Waals surface area contributed by atoms with Gasteiger partial charge in [0.15, 0.2) is 5.65 Å². The molecule has 3 heterocycles. The highest BCUT2D eigenvalue weighted by Gasteiger charge is 2.21. The van der Waals surface area contributed by atoms with Gasteiger partial charge in [-0.05, 0) is 13.3 Å². The molecule has 2 aromatic heterocycles. The third kappa shape index (κ3) is 1.15. The van der Waals surface area contributed by atoms with E-state index in [0.717, 1.165) is 28.5 Å². The lowest BCUT2D eigenvalue weighted by Gasteiger charge is -2.01. The smallest absolute Gasteiger partial charge is 0.160 e. The van der Waals surface area contributed by atoms with Gasteiger partial charge < -0.3 is 0 Å². The zero-order valence-corrected chi connectivity index (χ0v) is 9.01. The molecule has 74 valence electrons. The number of aromatic nitrogens is 3. The van der Waals surface area contributed by atoms with Crippen LogP contribution in [0.2, 0.25) is 0 Å². The van der Waals surface area contributed by atoms with Crippen LogP contribution in [0, 0.1) is 18.3 Å². The first-order chi connectivity index (χ1) is 7.29. The van der Waals surface area contributed by atoms with Gasteiger partial charge in [0, 0.05) is 22.4 Å². The van der Waals surface area contributed by atoms with Crippen LogP contribution in [0.15, 0.2) is 11.1 Å². The average Bonchev–Trinajstić information content (AvgIpc) is 2.80. The van der Waals surface area contributed by atoms with E-state index in [-0.39, 0.29) is 0 Å². The quantitative estimate of drug-likeness (QED) is 0.670. The number of hydrogen-bond acceptors (Lipinski definition) is 4. The summed E-state index contributed by atoms with van der Waals surface area (Å²) in [7, 11) is 0. The van der Waals surface area contributed by atoms with Gasteiger partial charge in [-0.25, -0.2) is 9.50 Å². The lowest BCUT2D eigenvalue weighted by molar-refractivity contribution is 0.911. The molecular formula is C10H8N4S. The number of hydrogen-bond donors (Lipinski definition) is 0. The number of rotatable bonds is 0. The van der Waals surface area contributed by atoms with E-state index >= 15 is 0 Å². The molecule has 0 radical (unpaired) electrons. The number of fused-ring (bicyclic) bond motifs is 3. The van der Waals surface area contributed by atoms with Gasteiger partial charge in [0.05, 0.1) is 5.56 Å². The van der Waals surface area contributed by atoms with Crippen LogP contribution in [-0.2, 0) is 6.42 Å². The van der Waals surface area contributed by atoms with Crippen molar-refractivity contribution in [3.8, 4) is 6.07 Å². The lowest BCUT2D eigenvalue weighted by Crippen LogP contribution is -1.95. The van der Waals surface area contributed by atoms with E-state index in [1.54, 1.807) is 22.5 Å². The number of thioether (sulfide) groups is 1. The second-order valence-corrected chi connectivity index (χ2v) is 4.59. The summed E-state index contributed by atoms with van der Waals surface area (Å²) >= 11 is 1.74. The van der Waals surface area contributed by atoms with E-state index in [2.05, 4.69) is 16.2 Å². The highest BCUT2D eigenvalue weighted by atomic mass is 32.2. The molecule has 0 atom stereocenters. The number of pyridine rings is 1. The van der Waals surface area contributed by atoms with Crippen LogP contribution in [0.1, 0.15) is 17.0 Å². The number of nitriles is 1. The fourth-order valence-electron chi connectivity index (χ4n) is 1.90. The first kappa shape index (κ1) is 8.74. The normalized spacial score (nSPS) is 14.1. The predicted octanol–water partition coefficient (Wildman–Crippen LogP) is 1.56. The van der Waals surface area contributed by atoms with E-state index in [1.807, 2.05) is 6.92 Å². The summed E-state index contributed by atoms with van der Waals surface area (Å²) in [5.41, 5.74) is 2.80. The Labute approximate surface area is 90.9 Å². The maximum atomic E-state index is 9.04. The van der Waals surface area contributed by atoms with Crippen LogP contribution in [-0.4, -0.2) is 20.4 Å². The molecule has 5 heteroatoms. The summed E-state index contributed by atoms with van der Waals surface area (Å²) in [5, 5.41) is 13.3. The van der Waals surface area contributed by atoms with Gasteiger partial charge in [0.2, 0.25) is 0 Å². The monoisotopic (exact) mass is 216 g/mol. The van der Waals surface area contributed by atoms with Crippen LogP contribution in [0.25, 0.3) is 5.65 Å². The minimum atomic E-state index is 0.713. The zero-order chi connectivity index (χ0) is 10.4. The van der Waals surface area contributed by atoms with E-state index in [4.69, 9.17) is 5.26 Å². The van der Waals surface area contributed by atoms with Crippen LogP contribution in [0.5, 0.6) is 0 Å². The van der Waals surface area contributed by atoms with E-state index in [1.165, 1.54) is 5.56 Å². The molecule has 0 aromatic carbocycles. The molecule has 2 aromatic rings. The van der Waals surface area contributed by atoms with Crippen LogP contribution < -0.4 is 0 Å². The van der Waals surface area contributed by atoms with Crippen LogP contribution >= 0.6 is 11.8 Å². The van der Waals surface area contributed by atoms with Crippen molar-refractivity contribution in [1.29, 1.82) is 5.26 Å². The average molecular weight is 216 g/mol. The molecule has 3 rings (SSSR count). The third-order valence-electron chi connectivity index (χ3n) is 2.50. The van der Waals surface area contributed by atoms with E-state index < -0.39 is 0 Å². The van der Waals surface area contributed by atoms with Crippen molar-refractivity contribution < 1.29 is 0 Å². The van der Waals surface area contributed by atoms with Crippen molar-refractivity contribution >= 4 is 17.4 Å². The molecule has 1 aliphatic rings. The highest BCUT2D eigenvalue weighted by Crippen LogP contribution is 2.35. The van der Waals surface area contributed by atoms with Crippen molar-refractivity contribution in [2.24, 2.45) is 0 Å². The molecule has 0 fully saturated rings. The minimum Gasteiger partial charge on any atom is -0.219 e. The Kier molecular flexibility index (Phi) is 1.73. The molecule has 0 unspecified atom stereocenters. The Bertz CT molecular complexity index is 593. The fraction of sp³-hybridized carbons (Fsp3) is 0.300. The third-order valence-corrected chi connectivity index (χ3v) is 3.66. The van der Waals surface area contributed by atoms with Crippen molar-refractivity contribution in [3.63, 3.8) is 0 Å². The largest absolute Gasteiger partial charge is 0.219 e. The Hall–Kier alpha value is -1.54. The first-order valence-electron chi connectivity index (χ1n) is 4.71. The lowest BCUT2D eigenvalue weighted by atomic mass is 10.1. The highest BCUT2D eigenvalue weighted by molar-refractivity contribution is 7.99. The van der Waals surface area contributed by atoms with Crippen molar-refractivity contribution in [3.05, 3.63) is 23.1 Å². The SMILES string of the molecule is Cc1nc2c3c(c(C#N)cn2n1)SCC3. The zero-order valence-electron chi connectivity index (χ0n) is 8.19. The molecule has 15 heavy (non-hydrogen) atoms. The van der Waals surface area contributed by atoms with Gasteiger partial charge in [0.25, 0.3) is 0 Å². The topological polar surface area (TPSA) is 54.0 Å². The van der Waals surface area contributed by atoms with Gasteiger partial charge in [-0.15, -0.1) is 11.8 Å². The summed E-state index contributed by atoms with van der Waals surface area (Å²) in [4.78, 5) is 5.48. The molecule has 0 amide bonds. The molecule has 0 bridgehead atoms. The molecular weight excluding hydrogens is 208 g/mol. The Morgan fingerprint density at radius 2 is 2.47 bits per heavy atom. The minimum absolute atomic E-state index is 0.713. The summed E-state index contributed by atoms with van der Waals surface area (Å²) in [6, 6.07) is 2.22. The molecule has 0 spiro atoms. The Morgan fingerprint density at radius 1 is 1.60 bits per heavy atom. The Balaban J connectivity index is 2.45. The van der Waals surface area contributed by atoms with Crippen molar-refractivity contribution in [1.82, 2.24) is 14.6 Å². The second-order valence-electron chi connectivity index (χ2n) is 3.49. The maximum Gasteiger partial charge on any atom is 0.160 e. The summed E-state index contributed by atoms with van der Waals surface area (Å²) in [6.45, 7) is 1.87. The molecule has 4 nitrogen and oxygen atoms in total. The molecule has 0 N–H and O–H groups in total. The van der Waals surface area contributed by atoms with Gasteiger partial charge in [-0.1, -0.05) is 0 Å². The standard InChI is InChI=1S/C10H8N4S/c1-6-12-10-8-2-3-15-9(8)7(4-11)5-14(10)13-6/h5H,2-3H2,1H3. The van der Waals surface area contributed by atoms with Crippen LogP contribution in [0.4, 0.5) is 0 Å². The van der Waals surface area contributed by atoms with Gasteiger partial charge in [-0.3, -0.25) is 0 Å².